The second kappa shape index (κ2) is 8.11. The highest BCUT2D eigenvalue weighted by Crippen LogP contribution is 2.25. The third-order valence-corrected chi connectivity index (χ3v) is 4.94. The monoisotopic (exact) mass is 378 g/mol. The fourth-order valence-electron chi connectivity index (χ4n) is 3.36. The summed E-state index contributed by atoms with van der Waals surface area (Å²) in [4.78, 5) is 25.8. The van der Waals surface area contributed by atoms with E-state index >= 15 is 0 Å². The van der Waals surface area contributed by atoms with E-state index in [0.717, 1.165) is 5.56 Å². The number of hydrogen-bond donors (Lipinski definition) is 1. The Kier molecular flexibility index (Phi) is 5.62. The van der Waals surface area contributed by atoms with Gasteiger partial charge in [0.1, 0.15) is 6.54 Å². The number of nitriles is 1. The Hall–Kier alpha value is -3.37. The number of carbonyl (C=O) groups is 2. The summed E-state index contributed by atoms with van der Waals surface area (Å²) in [7, 11) is 1.70. The molecule has 1 N–H and O–H groups in total. The Balaban J connectivity index is 1.77. The lowest BCUT2D eigenvalue weighted by Crippen LogP contribution is -2.47. The van der Waals surface area contributed by atoms with Gasteiger partial charge in [0.15, 0.2) is 0 Å². The van der Waals surface area contributed by atoms with Crippen LogP contribution in [0.3, 0.4) is 0 Å². The van der Waals surface area contributed by atoms with Crippen LogP contribution >= 0.6 is 0 Å². The van der Waals surface area contributed by atoms with E-state index in [1.807, 2.05) is 36.2 Å². The number of nitrogens with zero attached hydrogens (tertiary/aromatic N) is 4. The summed E-state index contributed by atoms with van der Waals surface area (Å²) in [6.45, 7) is 2.69. The maximum Gasteiger partial charge on any atom is 0.323 e. The van der Waals surface area contributed by atoms with Crippen molar-refractivity contribution in [2.75, 3.05) is 25.0 Å². The fourth-order valence-corrected chi connectivity index (χ4v) is 3.36. The molecular weight excluding hydrogens is 356 g/mol. The van der Waals surface area contributed by atoms with Gasteiger partial charge in [-0.2, -0.15) is 5.26 Å². The molecule has 0 atom stereocenters. The number of carbonyl (C=O) groups excluding carboxylic acids is 1. The summed E-state index contributed by atoms with van der Waals surface area (Å²) >= 11 is 0. The zero-order chi connectivity index (χ0) is 20.3. The first-order valence-corrected chi connectivity index (χ1v) is 8.94. The van der Waals surface area contributed by atoms with E-state index in [1.54, 1.807) is 30.3 Å². The lowest BCUT2D eigenvalue weighted by molar-refractivity contribution is -0.145. The average molecular weight is 378 g/mol. The number of hydrazine groups is 1. The van der Waals surface area contributed by atoms with Gasteiger partial charge in [0.2, 0.25) is 0 Å². The molecule has 2 aromatic rings. The first kappa shape index (κ1) is 19.4. The molecule has 0 saturated carbocycles. The van der Waals surface area contributed by atoms with Crippen LogP contribution in [0.25, 0.3) is 0 Å². The number of likely N-dealkylation sites (N-methyl/N-ethyl adjacent to an activating group) is 1. The first-order valence-electron chi connectivity index (χ1n) is 8.94. The molecule has 1 aliphatic rings. The number of rotatable bonds is 6. The van der Waals surface area contributed by atoms with E-state index in [2.05, 4.69) is 6.07 Å². The second-order valence-corrected chi connectivity index (χ2v) is 6.87. The van der Waals surface area contributed by atoms with Crippen molar-refractivity contribution in [2.24, 2.45) is 0 Å². The van der Waals surface area contributed by atoms with Crippen LogP contribution in [0.1, 0.15) is 22.3 Å². The third kappa shape index (κ3) is 4.13. The van der Waals surface area contributed by atoms with Crippen LogP contribution in [-0.2, 0) is 22.7 Å². The van der Waals surface area contributed by atoms with Crippen molar-refractivity contribution in [3.8, 4) is 6.07 Å². The molecule has 7 nitrogen and oxygen atoms in total. The van der Waals surface area contributed by atoms with Crippen molar-refractivity contribution in [1.29, 1.82) is 5.26 Å². The molecule has 1 amide bonds. The highest BCUT2D eigenvalue weighted by atomic mass is 16.4. The minimum Gasteiger partial charge on any atom is -0.480 e. The molecule has 0 saturated heterocycles. The summed E-state index contributed by atoms with van der Waals surface area (Å²) in [5.74, 6) is -1.25. The topological polar surface area (TPSA) is 87.9 Å². The molecule has 0 spiro atoms. The number of aliphatic carboxylic acids is 1. The minimum atomic E-state index is -1.04. The van der Waals surface area contributed by atoms with Gasteiger partial charge < -0.3 is 10.0 Å². The highest BCUT2D eigenvalue weighted by Gasteiger charge is 2.26. The summed E-state index contributed by atoms with van der Waals surface area (Å²) in [6.07, 6.45) is 0. The summed E-state index contributed by atoms with van der Waals surface area (Å²) in [6, 6.07) is 15.1. The predicted octanol–water partition coefficient (Wildman–Crippen LogP) is 2.15. The average Bonchev–Trinajstić information content (AvgIpc) is 3.11. The fraction of sp³-hybridized carbons (Fsp3) is 0.286. The smallest absolute Gasteiger partial charge is 0.323 e. The number of hydrogen-bond acceptors (Lipinski definition) is 5. The Morgan fingerprint density at radius 3 is 2.36 bits per heavy atom. The van der Waals surface area contributed by atoms with Crippen molar-refractivity contribution in [2.45, 2.75) is 20.0 Å². The maximum absolute atomic E-state index is 12.9. The molecule has 0 radical (unpaired) electrons. The van der Waals surface area contributed by atoms with E-state index in [4.69, 9.17) is 5.26 Å². The molecule has 7 heteroatoms. The summed E-state index contributed by atoms with van der Waals surface area (Å²) < 4.78 is 0. The first-order chi connectivity index (χ1) is 13.4. The normalized spacial score (nSPS) is 12.9. The number of aryl methyl sites for hydroxylation is 1. The van der Waals surface area contributed by atoms with Crippen LogP contribution in [0.2, 0.25) is 0 Å². The van der Waals surface area contributed by atoms with Crippen molar-refractivity contribution in [3.05, 3.63) is 64.7 Å². The molecular formula is C21H22N4O3. The number of carboxylic acids is 1. The van der Waals surface area contributed by atoms with Gasteiger partial charge in [0.05, 0.1) is 18.2 Å². The molecule has 1 aliphatic heterocycles. The van der Waals surface area contributed by atoms with E-state index < -0.39 is 5.97 Å². The van der Waals surface area contributed by atoms with Crippen LogP contribution in [0.15, 0.2) is 42.5 Å². The Morgan fingerprint density at radius 2 is 1.79 bits per heavy atom. The van der Waals surface area contributed by atoms with Crippen LogP contribution in [-0.4, -0.2) is 47.1 Å². The van der Waals surface area contributed by atoms with E-state index in [9.17, 15) is 14.7 Å². The Bertz CT molecular complexity index is 926. The quantitative estimate of drug-likeness (QED) is 0.829. The number of benzene rings is 2. The van der Waals surface area contributed by atoms with Gasteiger partial charge in [-0.15, -0.1) is 0 Å². The zero-order valence-electron chi connectivity index (χ0n) is 15.9. The maximum atomic E-state index is 12.9. The third-order valence-electron chi connectivity index (χ3n) is 4.94. The molecule has 0 unspecified atom stereocenters. The predicted molar refractivity (Wildman–Crippen MR) is 104 cm³/mol. The van der Waals surface area contributed by atoms with Crippen LogP contribution in [0, 0.1) is 18.3 Å². The van der Waals surface area contributed by atoms with Crippen LogP contribution < -0.4 is 4.90 Å². The zero-order valence-corrected chi connectivity index (χ0v) is 15.9. The number of amides is 1. The van der Waals surface area contributed by atoms with Crippen LogP contribution in [0.4, 0.5) is 5.69 Å². The molecule has 0 aliphatic carbocycles. The minimum absolute atomic E-state index is 0.0919. The molecule has 3 rings (SSSR count). The summed E-state index contributed by atoms with van der Waals surface area (Å²) in [5.41, 5.74) is 4.17. The van der Waals surface area contributed by atoms with E-state index in [0.29, 0.717) is 24.3 Å². The van der Waals surface area contributed by atoms with Crippen LogP contribution in [0.5, 0.6) is 0 Å². The lowest BCUT2D eigenvalue weighted by atomic mass is 10.1. The molecule has 28 heavy (non-hydrogen) atoms. The molecule has 0 fully saturated rings. The molecule has 0 bridgehead atoms. The van der Waals surface area contributed by atoms with Gasteiger partial charge in [-0.1, -0.05) is 30.3 Å². The summed E-state index contributed by atoms with van der Waals surface area (Å²) in [5, 5.41) is 21.9. The second-order valence-electron chi connectivity index (χ2n) is 6.87. The highest BCUT2D eigenvalue weighted by molar-refractivity contribution is 5.84. The van der Waals surface area contributed by atoms with Gasteiger partial charge in [0, 0.05) is 25.8 Å². The van der Waals surface area contributed by atoms with E-state index in [1.165, 1.54) is 16.0 Å². The number of anilines is 1. The Labute approximate surface area is 164 Å². The van der Waals surface area contributed by atoms with Gasteiger partial charge in [-0.25, -0.2) is 5.01 Å². The Morgan fingerprint density at radius 1 is 1.14 bits per heavy atom. The van der Waals surface area contributed by atoms with Gasteiger partial charge >= 0.3 is 5.97 Å². The largest absolute Gasteiger partial charge is 0.480 e. The number of fused-ring (bicyclic) bond motifs is 1. The molecule has 0 aromatic heterocycles. The van der Waals surface area contributed by atoms with E-state index in [-0.39, 0.29) is 19.0 Å². The van der Waals surface area contributed by atoms with Gasteiger partial charge in [-0.05, 0) is 35.7 Å². The van der Waals surface area contributed by atoms with Crippen molar-refractivity contribution < 1.29 is 14.7 Å². The van der Waals surface area contributed by atoms with Crippen molar-refractivity contribution in [3.63, 3.8) is 0 Å². The number of carboxylic acid groups (broad SMARTS) is 1. The van der Waals surface area contributed by atoms with Crippen molar-refractivity contribution in [1.82, 2.24) is 10.0 Å². The standard InChI is InChI=1S/C21H22N4O3/c1-15-7-8-16(10-22)9-19(15)24(14-21(27)28)13-20(26)23(2)25-11-17-5-3-4-6-18(17)12-25/h3-9H,11-14H2,1-2H3,(H,27,28). The molecule has 2 aromatic carbocycles. The molecule has 1 heterocycles. The molecule has 144 valence electrons. The van der Waals surface area contributed by atoms with Gasteiger partial charge in [-0.3, -0.25) is 14.6 Å². The van der Waals surface area contributed by atoms with Gasteiger partial charge in [0.25, 0.3) is 5.91 Å². The lowest BCUT2D eigenvalue weighted by Gasteiger charge is -2.31. The SMILES string of the molecule is Cc1ccc(C#N)cc1N(CC(=O)O)CC(=O)N(C)N1Cc2ccccc2C1. The van der Waals surface area contributed by atoms with Crippen molar-refractivity contribution >= 4 is 17.6 Å².